The first-order chi connectivity index (χ1) is 18.9. The van der Waals surface area contributed by atoms with Crippen molar-refractivity contribution < 1.29 is 23.4 Å². The van der Waals surface area contributed by atoms with Gasteiger partial charge < -0.3 is 18.6 Å². The molecule has 0 unspecified atom stereocenters. The predicted molar refractivity (Wildman–Crippen MR) is 153 cm³/mol. The number of carbonyl (C=O) groups excluding carboxylic acids is 1. The summed E-state index contributed by atoms with van der Waals surface area (Å²) in [5, 5.41) is 12.9. The van der Waals surface area contributed by atoms with Crippen LogP contribution in [0.15, 0.2) is 79.9 Å². The molecule has 1 amide bonds. The van der Waals surface area contributed by atoms with Crippen LogP contribution in [0, 0.1) is 0 Å². The Balaban J connectivity index is 1.24. The highest BCUT2D eigenvalue weighted by Crippen LogP contribution is 2.37. The van der Waals surface area contributed by atoms with E-state index in [2.05, 4.69) is 36.7 Å². The fourth-order valence-corrected chi connectivity index (χ4v) is 4.72. The molecule has 3 aromatic carbocycles. The Kier molecular flexibility index (Phi) is 10.5. The highest BCUT2D eigenvalue weighted by molar-refractivity contribution is 9.10. The molecule has 39 heavy (non-hydrogen) atoms. The summed E-state index contributed by atoms with van der Waals surface area (Å²) < 4.78 is 23.2. The quantitative estimate of drug-likeness (QED) is 0.104. The van der Waals surface area contributed by atoms with Gasteiger partial charge in [0.05, 0.1) is 28.6 Å². The lowest BCUT2D eigenvalue weighted by Gasteiger charge is -2.13. The minimum absolute atomic E-state index is 0.0144. The van der Waals surface area contributed by atoms with E-state index in [0.717, 1.165) is 17.3 Å². The fourth-order valence-electron chi connectivity index (χ4n) is 3.11. The van der Waals surface area contributed by atoms with Crippen molar-refractivity contribution in [3.8, 4) is 17.2 Å². The van der Waals surface area contributed by atoms with Crippen LogP contribution in [0.3, 0.4) is 0 Å². The van der Waals surface area contributed by atoms with Crippen LogP contribution < -0.4 is 19.6 Å². The van der Waals surface area contributed by atoms with Crippen molar-refractivity contribution in [3.05, 3.63) is 92.2 Å². The van der Waals surface area contributed by atoms with Crippen LogP contribution in [0.25, 0.3) is 0 Å². The van der Waals surface area contributed by atoms with Crippen molar-refractivity contribution in [1.29, 1.82) is 0 Å². The summed E-state index contributed by atoms with van der Waals surface area (Å²) in [5.41, 5.74) is 4.19. The summed E-state index contributed by atoms with van der Waals surface area (Å²) >= 11 is 16.5. The molecular weight excluding hydrogens is 631 g/mol. The average molecular weight is 652 g/mol. The van der Waals surface area contributed by atoms with E-state index in [9.17, 15) is 4.79 Å². The lowest BCUT2D eigenvalue weighted by Crippen LogP contribution is -2.19. The summed E-state index contributed by atoms with van der Waals surface area (Å²) in [6.07, 6.45) is 1.50. The van der Waals surface area contributed by atoms with Crippen LogP contribution >= 0.6 is 50.9 Å². The number of halogens is 3. The first kappa shape index (κ1) is 28.8. The van der Waals surface area contributed by atoms with Gasteiger partial charge in [-0.2, -0.15) is 5.10 Å². The van der Waals surface area contributed by atoms with Gasteiger partial charge in [-0.15, -0.1) is 10.2 Å². The number of methoxy groups -OCH3 is 1. The van der Waals surface area contributed by atoms with Crippen molar-refractivity contribution in [2.45, 2.75) is 18.4 Å². The van der Waals surface area contributed by atoms with E-state index in [1.54, 1.807) is 31.4 Å². The molecule has 4 rings (SSSR count). The topological polar surface area (TPSA) is 108 Å². The van der Waals surface area contributed by atoms with Crippen molar-refractivity contribution >= 4 is 63.0 Å². The zero-order valence-electron chi connectivity index (χ0n) is 20.4. The Morgan fingerprint density at radius 3 is 2.67 bits per heavy atom. The Morgan fingerprint density at radius 2 is 1.90 bits per heavy atom. The maximum absolute atomic E-state index is 12.2. The lowest BCUT2D eigenvalue weighted by molar-refractivity contribution is -0.118. The van der Waals surface area contributed by atoms with E-state index in [0.29, 0.717) is 43.9 Å². The standard InChI is InChI=1S/C26H21BrCl2N4O5S/c1-35-22-10-17(9-19(27)25(22)37-13-16-5-3-2-4-6-16)12-30-31-23(34)15-39-26-33-32-24(38-26)14-36-21-8-7-18(28)11-20(21)29/h2-12H,13-15H2,1H3,(H,31,34)/b30-12-. The second-order valence-corrected chi connectivity index (χ2v) is 10.3. The number of amides is 1. The molecule has 4 aromatic rings. The third kappa shape index (κ3) is 8.62. The molecule has 0 radical (unpaired) electrons. The minimum Gasteiger partial charge on any atom is -0.493 e. The first-order valence-electron chi connectivity index (χ1n) is 11.3. The average Bonchev–Trinajstić information content (AvgIpc) is 3.39. The molecule has 0 aliphatic heterocycles. The van der Waals surface area contributed by atoms with Crippen molar-refractivity contribution in [2.24, 2.45) is 5.10 Å². The summed E-state index contributed by atoms with van der Waals surface area (Å²) in [6, 6.07) is 18.3. The summed E-state index contributed by atoms with van der Waals surface area (Å²) in [5.74, 6) is 1.43. The van der Waals surface area contributed by atoms with Crippen molar-refractivity contribution in [3.63, 3.8) is 0 Å². The second kappa shape index (κ2) is 14.2. The minimum atomic E-state index is -0.353. The number of hydrogen-bond acceptors (Lipinski definition) is 9. The SMILES string of the molecule is COc1cc(/C=N\NC(=O)CSc2nnc(COc3ccc(Cl)cc3Cl)o2)cc(Br)c1OCc1ccccc1. The zero-order valence-corrected chi connectivity index (χ0v) is 24.3. The van der Waals surface area contributed by atoms with E-state index in [-0.39, 0.29) is 29.4 Å². The summed E-state index contributed by atoms with van der Waals surface area (Å²) in [6.45, 7) is 0.405. The third-order valence-electron chi connectivity index (χ3n) is 4.90. The molecule has 0 aliphatic rings. The second-order valence-electron chi connectivity index (χ2n) is 7.72. The molecule has 0 fully saturated rings. The highest BCUT2D eigenvalue weighted by atomic mass is 79.9. The van der Waals surface area contributed by atoms with Gasteiger partial charge in [0.25, 0.3) is 17.0 Å². The fraction of sp³-hybridized carbons (Fsp3) is 0.154. The number of thioether (sulfide) groups is 1. The van der Waals surface area contributed by atoms with Gasteiger partial charge in [-0.1, -0.05) is 65.3 Å². The monoisotopic (exact) mass is 650 g/mol. The van der Waals surface area contributed by atoms with E-state index >= 15 is 0 Å². The van der Waals surface area contributed by atoms with Gasteiger partial charge in [0.2, 0.25) is 0 Å². The Bertz CT molecular complexity index is 1460. The van der Waals surface area contributed by atoms with Crippen LogP contribution in [-0.4, -0.2) is 35.2 Å². The van der Waals surface area contributed by atoms with Crippen molar-refractivity contribution in [1.82, 2.24) is 15.6 Å². The first-order valence-corrected chi connectivity index (χ1v) is 13.8. The number of aromatic nitrogens is 2. The van der Waals surface area contributed by atoms with Gasteiger partial charge in [-0.25, -0.2) is 5.43 Å². The summed E-state index contributed by atoms with van der Waals surface area (Å²) in [4.78, 5) is 12.2. The highest BCUT2D eigenvalue weighted by Gasteiger charge is 2.13. The van der Waals surface area contributed by atoms with E-state index in [1.165, 1.54) is 6.21 Å². The Hall–Kier alpha value is -3.25. The number of hydrazone groups is 1. The third-order valence-corrected chi connectivity index (χ3v) is 6.84. The molecule has 0 saturated heterocycles. The molecule has 1 aromatic heterocycles. The molecule has 1 heterocycles. The van der Waals surface area contributed by atoms with Gasteiger partial charge in [0.15, 0.2) is 18.1 Å². The van der Waals surface area contributed by atoms with Gasteiger partial charge in [-0.3, -0.25) is 4.79 Å². The number of nitrogens with one attached hydrogen (secondary N) is 1. The molecule has 1 N–H and O–H groups in total. The van der Waals surface area contributed by atoms with Crippen LogP contribution in [0.4, 0.5) is 0 Å². The molecule has 0 bridgehead atoms. The number of benzene rings is 3. The maximum Gasteiger partial charge on any atom is 0.277 e. The smallest absolute Gasteiger partial charge is 0.277 e. The Labute approximate surface area is 247 Å². The largest absolute Gasteiger partial charge is 0.493 e. The lowest BCUT2D eigenvalue weighted by atomic mass is 10.2. The molecule has 0 saturated carbocycles. The Morgan fingerprint density at radius 1 is 1.08 bits per heavy atom. The maximum atomic E-state index is 12.2. The predicted octanol–water partition coefficient (Wildman–Crippen LogP) is 6.55. The number of rotatable bonds is 12. The van der Waals surface area contributed by atoms with Crippen LogP contribution in [0.1, 0.15) is 17.0 Å². The van der Waals surface area contributed by atoms with E-state index < -0.39 is 0 Å². The molecule has 9 nitrogen and oxygen atoms in total. The van der Waals surface area contributed by atoms with Crippen LogP contribution in [0.2, 0.25) is 10.0 Å². The van der Waals surface area contributed by atoms with Gasteiger partial charge in [0.1, 0.15) is 12.4 Å². The molecular formula is C26H21BrCl2N4O5S. The number of ether oxygens (including phenoxy) is 3. The number of carbonyl (C=O) groups is 1. The molecule has 202 valence electrons. The van der Waals surface area contributed by atoms with E-state index in [4.69, 9.17) is 41.8 Å². The number of nitrogens with zero attached hydrogens (tertiary/aromatic N) is 3. The molecule has 0 spiro atoms. The zero-order chi connectivity index (χ0) is 27.6. The van der Waals surface area contributed by atoms with Gasteiger partial charge >= 0.3 is 0 Å². The molecule has 0 aliphatic carbocycles. The normalized spacial score (nSPS) is 11.0. The summed E-state index contributed by atoms with van der Waals surface area (Å²) in [7, 11) is 1.55. The van der Waals surface area contributed by atoms with E-state index in [1.807, 2.05) is 36.4 Å². The van der Waals surface area contributed by atoms with Gasteiger partial charge in [0, 0.05) is 5.02 Å². The van der Waals surface area contributed by atoms with Crippen LogP contribution in [0.5, 0.6) is 17.2 Å². The van der Waals surface area contributed by atoms with Gasteiger partial charge in [-0.05, 0) is 57.4 Å². The van der Waals surface area contributed by atoms with Crippen LogP contribution in [-0.2, 0) is 18.0 Å². The molecule has 0 atom stereocenters. The van der Waals surface area contributed by atoms with Crippen molar-refractivity contribution in [2.75, 3.05) is 12.9 Å². The number of hydrogen-bond donors (Lipinski definition) is 1. The molecule has 13 heteroatoms.